The number of piperidine rings is 1. The summed E-state index contributed by atoms with van der Waals surface area (Å²) in [4.78, 5) is 30.0. The molecular formula is C22H31N3O2. The van der Waals surface area contributed by atoms with Crippen molar-refractivity contribution < 1.29 is 9.59 Å². The molecular weight excluding hydrogens is 338 g/mol. The first kappa shape index (κ1) is 18.5. The fraction of sp³-hybridized carbons (Fsp3) is 0.636. The Labute approximate surface area is 162 Å². The van der Waals surface area contributed by atoms with E-state index < -0.39 is 0 Å². The minimum atomic E-state index is -0.177. The van der Waals surface area contributed by atoms with Gasteiger partial charge in [-0.05, 0) is 50.3 Å². The molecule has 2 heterocycles. The quantitative estimate of drug-likeness (QED) is 0.891. The molecule has 2 aliphatic heterocycles. The number of nitrogens with zero attached hydrogens (tertiary/aromatic N) is 2. The zero-order valence-corrected chi connectivity index (χ0v) is 16.3. The second kappa shape index (κ2) is 7.63. The van der Waals surface area contributed by atoms with E-state index >= 15 is 0 Å². The van der Waals surface area contributed by atoms with E-state index in [1.165, 1.54) is 19.3 Å². The Hall–Kier alpha value is -1.88. The van der Waals surface area contributed by atoms with Gasteiger partial charge in [-0.25, -0.2) is 0 Å². The Morgan fingerprint density at radius 3 is 2.59 bits per heavy atom. The number of benzene rings is 1. The van der Waals surface area contributed by atoms with Crippen molar-refractivity contribution in [1.29, 1.82) is 0 Å². The molecule has 1 aliphatic carbocycles. The van der Waals surface area contributed by atoms with Crippen molar-refractivity contribution in [2.75, 3.05) is 33.2 Å². The molecule has 0 aromatic heterocycles. The van der Waals surface area contributed by atoms with Crippen LogP contribution < -0.4 is 5.32 Å². The largest absolute Gasteiger partial charge is 0.342 e. The van der Waals surface area contributed by atoms with E-state index in [1.54, 1.807) is 0 Å². The molecule has 0 radical (unpaired) electrons. The summed E-state index contributed by atoms with van der Waals surface area (Å²) in [5.41, 5.74) is 0.575. The third kappa shape index (κ3) is 3.38. The van der Waals surface area contributed by atoms with Crippen LogP contribution in [0.3, 0.4) is 0 Å². The first-order chi connectivity index (χ1) is 13.1. The molecule has 4 rings (SSSR count). The van der Waals surface area contributed by atoms with Crippen LogP contribution in [0, 0.1) is 11.3 Å². The zero-order chi connectivity index (χ0) is 18.9. The highest BCUT2D eigenvalue weighted by Gasteiger charge is 2.51. The molecule has 3 fully saturated rings. The van der Waals surface area contributed by atoms with Crippen molar-refractivity contribution in [3.63, 3.8) is 0 Å². The number of carbonyl (C=O) groups excluding carboxylic acids is 2. The number of likely N-dealkylation sites (tertiary alicyclic amines) is 1. The van der Waals surface area contributed by atoms with Gasteiger partial charge in [0.25, 0.3) is 5.91 Å². The van der Waals surface area contributed by atoms with Crippen LogP contribution in [0.25, 0.3) is 0 Å². The molecule has 1 saturated carbocycles. The van der Waals surface area contributed by atoms with Crippen molar-refractivity contribution in [3.8, 4) is 0 Å². The summed E-state index contributed by atoms with van der Waals surface area (Å²) in [6.07, 6.45) is 6.37. The van der Waals surface area contributed by atoms with E-state index in [0.717, 1.165) is 51.0 Å². The van der Waals surface area contributed by atoms with Crippen LogP contribution in [0.15, 0.2) is 30.3 Å². The average Bonchev–Trinajstić information content (AvgIpc) is 3.18. The highest BCUT2D eigenvalue weighted by molar-refractivity contribution is 5.94. The van der Waals surface area contributed by atoms with Crippen LogP contribution in [0.1, 0.15) is 48.9 Å². The normalized spacial score (nSPS) is 28.6. The maximum absolute atomic E-state index is 13.4. The van der Waals surface area contributed by atoms with Crippen LogP contribution in [0.4, 0.5) is 0 Å². The van der Waals surface area contributed by atoms with E-state index in [0.29, 0.717) is 11.8 Å². The number of carbonyl (C=O) groups is 2. The number of nitrogens with one attached hydrogen (secondary N) is 1. The molecule has 0 bridgehead atoms. The fourth-order valence-electron chi connectivity index (χ4n) is 5.40. The van der Waals surface area contributed by atoms with Gasteiger partial charge in [0.05, 0.1) is 5.41 Å². The Balaban J connectivity index is 1.38. The molecule has 0 spiro atoms. The molecule has 1 N–H and O–H groups in total. The van der Waals surface area contributed by atoms with Crippen LogP contribution in [0.5, 0.6) is 0 Å². The number of hydrogen-bond acceptors (Lipinski definition) is 3. The summed E-state index contributed by atoms with van der Waals surface area (Å²) in [5, 5.41) is 3.48. The predicted octanol–water partition coefficient (Wildman–Crippen LogP) is 2.53. The van der Waals surface area contributed by atoms with Gasteiger partial charge in [0.15, 0.2) is 0 Å². The number of amides is 2. The summed E-state index contributed by atoms with van der Waals surface area (Å²) >= 11 is 0. The predicted molar refractivity (Wildman–Crippen MR) is 105 cm³/mol. The topological polar surface area (TPSA) is 52.7 Å². The van der Waals surface area contributed by atoms with Gasteiger partial charge in [-0.1, -0.05) is 31.0 Å². The summed E-state index contributed by atoms with van der Waals surface area (Å²) in [6.45, 7) is 3.28. The minimum absolute atomic E-state index is 0.106. The summed E-state index contributed by atoms with van der Waals surface area (Å²) < 4.78 is 0. The van der Waals surface area contributed by atoms with Gasteiger partial charge < -0.3 is 15.1 Å². The Morgan fingerprint density at radius 2 is 1.85 bits per heavy atom. The molecule has 1 aromatic carbocycles. The molecule has 146 valence electrons. The average molecular weight is 370 g/mol. The lowest BCUT2D eigenvalue weighted by molar-refractivity contribution is -0.147. The van der Waals surface area contributed by atoms with Gasteiger partial charge in [0, 0.05) is 38.3 Å². The SMILES string of the molecule is CN(C(=O)[C@@]12CCCC[C@H]1CNC2)C1CCN(C(=O)c2ccccc2)CC1. The third-order valence-electron chi connectivity index (χ3n) is 7.10. The van der Waals surface area contributed by atoms with Crippen LogP contribution in [0.2, 0.25) is 0 Å². The second-order valence-electron chi connectivity index (χ2n) is 8.54. The van der Waals surface area contributed by atoms with Crippen LogP contribution in [-0.2, 0) is 4.79 Å². The van der Waals surface area contributed by atoms with E-state index in [1.807, 2.05) is 47.2 Å². The standard InChI is InChI=1S/C22H31N3O2/c1-24(21(27)22-12-6-5-9-18(22)15-23-16-22)19-10-13-25(14-11-19)20(26)17-7-3-2-4-8-17/h2-4,7-8,18-19,23H,5-6,9-16H2,1H3/t18-,22+/m0/s1. The van der Waals surface area contributed by atoms with E-state index in [2.05, 4.69) is 5.32 Å². The highest BCUT2D eigenvalue weighted by Crippen LogP contribution is 2.45. The van der Waals surface area contributed by atoms with Crippen LogP contribution >= 0.6 is 0 Å². The lowest BCUT2D eigenvalue weighted by Gasteiger charge is -2.44. The maximum Gasteiger partial charge on any atom is 0.253 e. The van der Waals surface area contributed by atoms with Crippen molar-refractivity contribution >= 4 is 11.8 Å². The first-order valence-electron chi connectivity index (χ1n) is 10.4. The van der Waals surface area contributed by atoms with Crippen molar-refractivity contribution in [2.45, 2.75) is 44.6 Å². The Kier molecular flexibility index (Phi) is 5.22. The van der Waals surface area contributed by atoms with Gasteiger partial charge in [0.2, 0.25) is 5.91 Å². The first-order valence-corrected chi connectivity index (χ1v) is 10.4. The van der Waals surface area contributed by atoms with Crippen molar-refractivity contribution in [1.82, 2.24) is 15.1 Å². The number of hydrogen-bond donors (Lipinski definition) is 1. The zero-order valence-electron chi connectivity index (χ0n) is 16.3. The number of fused-ring (bicyclic) bond motifs is 1. The van der Waals surface area contributed by atoms with E-state index in [9.17, 15) is 9.59 Å². The fourth-order valence-corrected chi connectivity index (χ4v) is 5.40. The molecule has 2 atom stereocenters. The summed E-state index contributed by atoms with van der Waals surface area (Å²) in [5.74, 6) is 0.944. The molecule has 5 nitrogen and oxygen atoms in total. The molecule has 3 aliphatic rings. The monoisotopic (exact) mass is 369 g/mol. The lowest BCUT2D eigenvalue weighted by Crippen LogP contribution is -2.54. The molecule has 0 unspecified atom stereocenters. The smallest absolute Gasteiger partial charge is 0.253 e. The van der Waals surface area contributed by atoms with Crippen LogP contribution in [-0.4, -0.2) is 60.9 Å². The van der Waals surface area contributed by atoms with Gasteiger partial charge >= 0.3 is 0 Å². The molecule has 27 heavy (non-hydrogen) atoms. The van der Waals surface area contributed by atoms with Gasteiger partial charge in [-0.3, -0.25) is 9.59 Å². The lowest BCUT2D eigenvalue weighted by atomic mass is 9.67. The Morgan fingerprint density at radius 1 is 1.11 bits per heavy atom. The number of rotatable bonds is 3. The van der Waals surface area contributed by atoms with Crippen molar-refractivity contribution in [2.24, 2.45) is 11.3 Å². The second-order valence-corrected chi connectivity index (χ2v) is 8.54. The van der Waals surface area contributed by atoms with Gasteiger partial charge in [-0.2, -0.15) is 0 Å². The molecule has 2 saturated heterocycles. The van der Waals surface area contributed by atoms with Crippen molar-refractivity contribution in [3.05, 3.63) is 35.9 Å². The molecule has 1 aromatic rings. The molecule has 5 heteroatoms. The van der Waals surface area contributed by atoms with E-state index in [4.69, 9.17) is 0 Å². The van der Waals surface area contributed by atoms with Gasteiger partial charge in [-0.15, -0.1) is 0 Å². The third-order valence-corrected chi connectivity index (χ3v) is 7.10. The Bertz CT molecular complexity index is 684. The van der Waals surface area contributed by atoms with Gasteiger partial charge in [0.1, 0.15) is 0 Å². The summed E-state index contributed by atoms with van der Waals surface area (Å²) in [6, 6.07) is 9.73. The molecule has 2 amide bonds. The maximum atomic E-state index is 13.4. The summed E-state index contributed by atoms with van der Waals surface area (Å²) in [7, 11) is 1.99. The minimum Gasteiger partial charge on any atom is -0.342 e. The highest BCUT2D eigenvalue weighted by atomic mass is 16.2. The van der Waals surface area contributed by atoms with E-state index in [-0.39, 0.29) is 17.4 Å².